The van der Waals surface area contributed by atoms with E-state index in [9.17, 15) is 10.2 Å². The molecule has 6 rings (SSSR count). The average molecular weight is 654 g/mol. The van der Waals surface area contributed by atoms with Crippen LogP contribution in [0.25, 0.3) is 22.6 Å². The van der Waals surface area contributed by atoms with E-state index in [1.807, 2.05) is 84.9 Å². The van der Waals surface area contributed by atoms with E-state index in [0.717, 1.165) is 22.4 Å². The maximum Gasteiger partial charge on any atom is 0.319 e. The van der Waals surface area contributed by atoms with Crippen LogP contribution in [-0.2, 0) is 6.42 Å². The normalized spacial score (nSPS) is 13.2. The highest BCUT2D eigenvalue weighted by molar-refractivity contribution is 7.00. The molecule has 0 saturated heterocycles. The Bertz CT molecular complexity index is 1790. The van der Waals surface area contributed by atoms with Crippen LogP contribution >= 0.6 is 0 Å². The minimum Gasteiger partial charge on any atom is -0.534 e. The summed E-state index contributed by atoms with van der Waals surface area (Å²) in [4.78, 5) is 4.84. The smallest absolute Gasteiger partial charge is 0.319 e. The first-order chi connectivity index (χ1) is 23.3. The highest BCUT2D eigenvalue weighted by Gasteiger charge is 2.52. The van der Waals surface area contributed by atoms with Crippen LogP contribution in [-0.4, -0.2) is 30.1 Å². The number of aliphatic hydroxyl groups excluding tert-OH is 2. The van der Waals surface area contributed by atoms with Crippen LogP contribution in [0.3, 0.4) is 0 Å². The van der Waals surface area contributed by atoms with Gasteiger partial charge in [-0.25, -0.2) is 4.98 Å². The van der Waals surface area contributed by atoms with Crippen molar-refractivity contribution in [1.82, 2.24) is 4.98 Å². The average Bonchev–Trinajstić information content (AvgIpc) is 3.57. The van der Waals surface area contributed by atoms with Gasteiger partial charge in [0.05, 0.1) is 0 Å². The molecule has 1 aromatic heterocycles. The summed E-state index contributed by atoms with van der Waals surface area (Å²) < 4.78 is 13.6. The number of benzene rings is 5. The van der Waals surface area contributed by atoms with Crippen LogP contribution in [0.4, 0.5) is 0 Å². The molecule has 0 spiro atoms. The lowest BCUT2D eigenvalue weighted by Gasteiger charge is -2.43. The van der Waals surface area contributed by atoms with Gasteiger partial charge >= 0.3 is 8.32 Å². The molecule has 0 aliphatic rings. The van der Waals surface area contributed by atoms with Crippen LogP contribution in [0, 0.1) is 5.92 Å². The molecule has 6 heteroatoms. The summed E-state index contributed by atoms with van der Waals surface area (Å²) >= 11 is 0. The lowest BCUT2D eigenvalue weighted by atomic mass is 9.91. The van der Waals surface area contributed by atoms with E-state index in [-0.39, 0.29) is 23.5 Å². The summed E-state index contributed by atoms with van der Waals surface area (Å²) in [6, 6.07) is 49.0. The molecule has 5 nitrogen and oxygen atoms in total. The van der Waals surface area contributed by atoms with Gasteiger partial charge in [0.2, 0.25) is 5.89 Å². The molecule has 0 aliphatic carbocycles. The highest BCUT2D eigenvalue weighted by atomic mass is 28.4. The summed E-state index contributed by atoms with van der Waals surface area (Å²) in [6.07, 6.45) is -0.146. The van der Waals surface area contributed by atoms with Gasteiger partial charge in [-0.1, -0.05) is 154 Å². The SMILES string of the molecule is CC(C)(C)[Si](Oc1cccc(CC(CCO)C(O)c2nc(-c3ccccc3)c(-c3ccccc3)o2)c1)(c1ccccc1)c1ccccc1. The quantitative estimate of drug-likeness (QED) is 0.130. The molecular weight excluding hydrogens is 611 g/mol. The van der Waals surface area contributed by atoms with Crippen molar-refractivity contribution in [2.75, 3.05) is 6.61 Å². The molecule has 0 fully saturated rings. The molecule has 0 aliphatic heterocycles. The lowest BCUT2D eigenvalue weighted by molar-refractivity contribution is 0.0660. The monoisotopic (exact) mass is 653 g/mol. The molecule has 2 N–H and O–H groups in total. The molecular formula is C42H43NO4Si. The maximum atomic E-state index is 11.8. The maximum absolute atomic E-state index is 11.8. The zero-order valence-corrected chi connectivity index (χ0v) is 28.8. The van der Waals surface area contributed by atoms with Crippen molar-refractivity contribution in [3.8, 4) is 28.3 Å². The van der Waals surface area contributed by atoms with Gasteiger partial charge in [-0.15, -0.1) is 0 Å². The van der Waals surface area contributed by atoms with Gasteiger partial charge in [-0.3, -0.25) is 0 Å². The predicted octanol–water partition coefficient (Wildman–Crippen LogP) is 8.22. The van der Waals surface area contributed by atoms with Gasteiger partial charge in [-0.05, 0) is 51.9 Å². The zero-order valence-electron chi connectivity index (χ0n) is 27.8. The fourth-order valence-corrected chi connectivity index (χ4v) is 11.1. The van der Waals surface area contributed by atoms with Gasteiger partial charge in [0, 0.05) is 17.7 Å². The Morgan fingerprint density at radius 3 is 1.79 bits per heavy atom. The van der Waals surface area contributed by atoms with Gasteiger partial charge in [0.25, 0.3) is 0 Å². The number of oxazole rings is 1. The van der Waals surface area contributed by atoms with E-state index in [1.54, 1.807) is 0 Å². The number of hydrogen-bond donors (Lipinski definition) is 2. The second-order valence-electron chi connectivity index (χ2n) is 13.3. The van der Waals surface area contributed by atoms with Gasteiger partial charge in [-0.2, -0.15) is 0 Å². The topological polar surface area (TPSA) is 75.7 Å². The Balaban J connectivity index is 1.34. The summed E-state index contributed by atoms with van der Waals surface area (Å²) in [6.45, 7) is 6.72. The largest absolute Gasteiger partial charge is 0.534 e. The van der Waals surface area contributed by atoms with Gasteiger partial charge in [0.15, 0.2) is 5.76 Å². The van der Waals surface area contributed by atoms with Crippen molar-refractivity contribution >= 4 is 18.7 Å². The first kappa shape index (κ1) is 33.2. The standard InChI is InChI=1S/C42H43NO4Si/c1-42(2,3)48(36-23-12-6-13-24-36,37-25-14-7-15-26-37)47-35-22-16-17-31(30-35)29-34(27-28-44)39(45)41-43-38(32-18-8-4-9-19-32)40(46-41)33-20-10-5-11-21-33/h4-26,30,34,39,44-45H,27-29H2,1-3H3. The molecule has 2 unspecified atom stereocenters. The number of aromatic nitrogens is 1. The molecule has 0 saturated carbocycles. The molecule has 0 bridgehead atoms. The third kappa shape index (κ3) is 6.92. The predicted molar refractivity (Wildman–Crippen MR) is 196 cm³/mol. The van der Waals surface area contributed by atoms with Crippen molar-refractivity contribution in [3.63, 3.8) is 0 Å². The molecule has 1 heterocycles. The second-order valence-corrected chi connectivity index (χ2v) is 17.5. The second kappa shape index (κ2) is 14.6. The summed E-state index contributed by atoms with van der Waals surface area (Å²) in [5.41, 5.74) is 3.47. The third-order valence-corrected chi connectivity index (χ3v) is 14.0. The fourth-order valence-electron chi connectivity index (χ4n) is 6.64. The molecule has 2 atom stereocenters. The molecule has 5 aromatic carbocycles. The fraction of sp³-hybridized carbons (Fsp3) is 0.214. The number of rotatable bonds is 12. The van der Waals surface area contributed by atoms with Gasteiger partial charge < -0.3 is 19.1 Å². The Morgan fingerprint density at radius 1 is 0.708 bits per heavy atom. The van der Waals surface area contributed by atoms with E-state index < -0.39 is 14.4 Å². The van der Waals surface area contributed by atoms with Gasteiger partial charge in [0.1, 0.15) is 17.5 Å². The van der Waals surface area contributed by atoms with E-state index in [4.69, 9.17) is 13.8 Å². The van der Waals surface area contributed by atoms with Crippen molar-refractivity contribution in [1.29, 1.82) is 0 Å². The number of aliphatic hydroxyl groups is 2. The third-order valence-electron chi connectivity index (χ3n) is 9.01. The van der Waals surface area contributed by atoms with Crippen LogP contribution in [0.2, 0.25) is 5.04 Å². The Labute approximate surface area is 284 Å². The minimum atomic E-state index is -2.83. The Hall–Kier alpha value is -4.75. The first-order valence-electron chi connectivity index (χ1n) is 16.6. The van der Waals surface area contributed by atoms with Crippen molar-refractivity contribution < 1.29 is 19.1 Å². The molecule has 0 radical (unpaired) electrons. The Kier molecular flexibility index (Phi) is 10.1. The van der Waals surface area contributed by atoms with Crippen molar-refractivity contribution in [2.45, 2.75) is 44.8 Å². The van der Waals surface area contributed by atoms with Crippen LogP contribution in [0.15, 0.2) is 150 Å². The summed E-state index contributed by atoms with van der Waals surface area (Å²) in [7, 11) is -2.83. The first-order valence-corrected chi connectivity index (χ1v) is 18.5. The summed E-state index contributed by atoms with van der Waals surface area (Å²) in [5.74, 6) is 1.29. The zero-order chi connectivity index (χ0) is 33.6. The minimum absolute atomic E-state index is 0.0717. The number of hydrogen-bond acceptors (Lipinski definition) is 5. The van der Waals surface area contributed by atoms with Crippen molar-refractivity contribution in [3.05, 3.63) is 157 Å². The van der Waals surface area contributed by atoms with Crippen LogP contribution < -0.4 is 14.8 Å². The molecule has 48 heavy (non-hydrogen) atoms. The van der Waals surface area contributed by atoms with E-state index >= 15 is 0 Å². The van der Waals surface area contributed by atoms with E-state index in [0.29, 0.717) is 24.3 Å². The van der Waals surface area contributed by atoms with Crippen molar-refractivity contribution in [2.24, 2.45) is 5.92 Å². The Morgan fingerprint density at radius 2 is 1.25 bits per heavy atom. The van der Waals surface area contributed by atoms with E-state index in [1.165, 1.54) is 10.4 Å². The van der Waals surface area contributed by atoms with E-state index in [2.05, 4.69) is 81.4 Å². The van der Waals surface area contributed by atoms with Crippen LogP contribution in [0.5, 0.6) is 5.75 Å². The van der Waals surface area contributed by atoms with Crippen LogP contribution in [0.1, 0.15) is 44.8 Å². The lowest BCUT2D eigenvalue weighted by Crippen LogP contribution is -2.68. The molecule has 6 aromatic rings. The number of nitrogens with zero attached hydrogens (tertiary/aromatic N) is 1. The molecule has 0 amide bonds. The summed E-state index contributed by atoms with van der Waals surface area (Å²) in [5, 5.41) is 24.1. The molecule has 244 valence electrons. The highest BCUT2D eigenvalue weighted by Crippen LogP contribution is 2.39.